The van der Waals surface area contributed by atoms with Crippen LogP contribution >= 0.6 is 0 Å². The molecule has 2 aromatic rings. The molecule has 1 unspecified atom stereocenters. The normalized spacial score (nSPS) is 24.5. The van der Waals surface area contributed by atoms with E-state index in [9.17, 15) is 13.6 Å². The number of benzene rings is 1. The third kappa shape index (κ3) is 2.84. The first-order valence-electron chi connectivity index (χ1n) is 10.8. The number of ether oxygens (including phenoxy) is 2. The van der Waals surface area contributed by atoms with Crippen LogP contribution in [0.2, 0.25) is 0 Å². The van der Waals surface area contributed by atoms with Crippen LogP contribution in [0.15, 0.2) is 41.5 Å². The number of nitrogens with two attached hydrogens (primary N) is 1. The van der Waals surface area contributed by atoms with E-state index < -0.39 is 17.6 Å². The van der Waals surface area contributed by atoms with Gasteiger partial charge in [-0.2, -0.15) is 0 Å². The summed E-state index contributed by atoms with van der Waals surface area (Å²) in [5.74, 6) is 0.464. The van der Waals surface area contributed by atoms with Gasteiger partial charge in [-0.3, -0.25) is 9.78 Å². The van der Waals surface area contributed by atoms with Crippen LogP contribution in [-0.2, 0) is 16.7 Å². The number of alkyl halides is 2. The molecule has 0 radical (unpaired) electrons. The zero-order valence-electron chi connectivity index (χ0n) is 18.0. The minimum absolute atomic E-state index is 0.0842. The molecule has 0 saturated heterocycles. The Morgan fingerprint density at radius 1 is 1.22 bits per heavy atom. The summed E-state index contributed by atoms with van der Waals surface area (Å²) in [5, 5.41) is 0. The Hall–Kier alpha value is -3.03. The molecule has 32 heavy (non-hydrogen) atoms. The Labute approximate surface area is 184 Å². The zero-order chi connectivity index (χ0) is 22.7. The van der Waals surface area contributed by atoms with Gasteiger partial charge in [-0.05, 0) is 56.5 Å². The van der Waals surface area contributed by atoms with Gasteiger partial charge in [-0.25, -0.2) is 13.8 Å². The van der Waals surface area contributed by atoms with Gasteiger partial charge in [0, 0.05) is 29.2 Å². The van der Waals surface area contributed by atoms with E-state index in [0.717, 1.165) is 36.6 Å². The second-order valence-corrected chi connectivity index (χ2v) is 9.35. The fourth-order valence-corrected chi connectivity index (χ4v) is 5.56. The maximum Gasteiger partial charge on any atom is 0.283 e. The molecule has 3 heterocycles. The first-order chi connectivity index (χ1) is 15.2. The average molecular weight is 441 g/mol. The highest BCUT2D eigenvalue weighted by molar-refractivity contribution is 5.95. The first-order valence-corrected chi connectivity index (χ1v) is 10.8. The van der Waals surface area contributed by atoms with E-state index in [-0.39, 0.29) is 34.9 Å². The third-order valence-corrected chi connectivity index (χ3v) is 7.42. The molecule has 6 nitrogen and oxygen atoms in total. The Kier molecular flexibility index (Phi) is 4.55. The third-order valence-electron chi connectivity index (χ3n) is 7.42. The number of halogens is 2. The number of nitrogens with zero attached hydrogens (tertiary/aromatic N) is 2. The molecule has 1 atom stereocenters. The van der Waals surface area contributed by atoms with Crippen molar-refractivity contribution < 1.29 is 23.0 Å². The summed E-state index contributed by atoms with van der Waals surface area (Å²) in [4.78, 5) is 21.5. The highest BCUT2D eigenvalue weighted by Crippen LogP contribution is 2.67. The Bertz CT molecular complexity index is 1110. The maximum atomic E-state index is 12.8. The summed E-state index contributed by atoms with van der Waals surface area (Å²) < 4.78 is 37.7. The number of aromatic nitrogens is 1. The molecule has 3 aliphatic rings. The van der Waals surface area contributed by atoms with Gasteiger partial charge in [-0.15, -0.1) is 0 Å². The maximum absolute atomic E-state index is 12.8. The largest absolute Gasteiger partial charge is 0.487 e. The number of Topliss-reactive ketones (excluding diaryl/α,β-unsaturated/α-hetero) is 1. The molecular weight excluding hydrogens is 416 g/mol. The summed E-state index contributed by atoms with van der Waals surface area (Å²) in [6.45, 7) is 4.52. The average Bonchev–Trinajstić information content (AvgIpc) is 3.09. The van der Waals surface area contributed by atoms with Crippen molar-refractivity contribution >= 4 is 11.8 Å². The van der Waals surface area contributed by atoms with Crippen LogP contribution in [0.4, 0.5) is 8.78 Å². The monoisotopic (exact) mass is 441 g/mol. The van der Waals surface area contributed by atoms with E-state index in [1.54, 1.807) is 0 Å². The van der Waals surface area contributed by atoms with Crippen LogP contribution in [0.1, 0.15) is 66.7 Å². The second-order valence-electron chi connectivity index (χ2n) is 9.35. The highest BCUT2D eigenvalue weighted by Gasteiger charge is 2.69. The van der Waals surface area contributed by atoms with E-state index in [4.69, 9.17) is 20.2 Å². The molecule has 2 aliphatic heterocycles. The van der Waals surface area contributed by atoms with Crippen molar-refractivity contribution in [3.8, 4) is 5.75 Å². The van der Waals surface area contributed by atoms with Gasteiger partial charge < -0.3 is 15.2 Å². The number of ketones is 1. The Balaban J connectivity index is 1.51. The van der Waals surface area contributed by atoms with Gasteiger partial charge in [0.15, 0.2) is 5.78 Å². The second kappa shape index (κ2) is 6.98. The molecule has 1 aromatic carbocycles. The number of hydrogen-bond acceptors (Lipinski definition) is 6. The minimum Gasteiger partial charge on any atom is -0.487 e. The number of pyridine rings is 1. The molecule has 168 valence electrons. The number of amidine groups is 1. The predicted molar refractivity (Wildman–Crippen MR) is 114 cm³/mol. The molecule has 5 rings (SSSR count). The van der Waals surface area contributed by atoms with E-state index in [2.05, 4.69) is 18.8 Å². The molecule has 2 spiro atoms. The topological polar surface area (TPSA) is 86.8 Å². The summed E-state index contributed by atoms with van der Waals surface area (Å²) in [5.41, 5.74) is 6.21. The van der Waals surface area contributed by atoms with Crippen molar-refractivity contribution in [1.82, 2.24) is 4.98 Å². The lowest BCUT2D eigenvalue weighted by molar-refractivity contribution is -0.157. The van der Waals surface area contributed by atoms with E-state index >= 15 is 0 Å². The summed E-state index contributed by atoms with van der Waals surface area (Å²) in [6, 6.07) is 8.40. The van der Waals surface area contributed by atoms with E-state index in [0.29, 0.717) is 12.4 Å². The number of carbonyl (C=O) groups is 1. The molecule has 8 heteroatoms. The number of carbonyl (C=O) groups excluding carboxylic acids is 1. The number of hydrogen-bond donors (Lipinski definition) is 1. The lowest BCUT2D eigenvalue weighted by Gasteiger charge is -2.62. The van der Waals surface area contributed by atoms with Crippen molar-refractivity contribution in [1.29, 1.82) is 0 Å². The summed E-state index contributed by atoms with van der Waals surface area (Å²) in [6.07, 6.45) is 1.49. The quantitative estimate of drug-likeness (QED) is 0.714. The number of aliphatic imine (C=N–C) groups is 1. The van der Waals surface area contributed by atoms with Crippen LogP contribution < -0.4 is 10.5 Å². The molecule has 0 amide bonds. The predicted octanol–water partition coefficient (Wildman–Crippen LogP) is 4.33. The molecule has 1 aliphatic carbocycles. The first kappa shape index (κ1) is 20.8. The molecule has 1 saturated carbocycles. The summed E-state index contributed by atoms with van der Waals surface area (Å²) >= 11 is 0. The molecule has 2 N–H and O–H groups in total. The van der Waals surface area contributed by atoms with Crippen LogP contribution in [0, 0.1) is 5.41 Å². The van der Waals surface area contributed by atoms with Gasteiger partial charge in [0.05, 0.1) is 0 Å². The van der Waals surface area contributed by atoms with Crippen molar-refractivity contribution in [3.05, 3.63) is 58.9 Å². The van der Waals surface area contributed by atoms with Crippen molar-refractivity contribution in [2.45, 2.75) is 57.1 Å². The standard InChI is InChI=1S/C24H25F2N3O3/c1-22(2)23(8-3-9-23)24(13-31-21(27)29-24)16-10-14(4-7-19(16)32-22)11-18(30)17-6-5-15(12-28-17)20(25)26/h4-7,10,12,20H,3,8-9,11,13H2,1-2H3,(H2,27,29). The fourth-order valence-electron chi connectivity index (χ4n) is 5.56. The lowest BCUT2D eigenvalue weighted by atomic mass is 9.48. The van der Waals surface area contributed by atoms with Crippen molar-refractivity contribution in [3.63, 3.8) is 0 Å². The number of rotatable bonds is 4. The van der Waals surface area contributed by atoms with Crippen molar-refractivity contribution in [2.24, 2.45) is 16.1 Å². The fraction of sp³-hybridized carbons (Fsp3) is 0.458. The van der Waals surface area contributed by atoms with Crippen LogP contribution in [-0.4, -0.2) is 29.0 Å². The van der Waals surface area contributed by atoms with Gasteiger partial charge in [0.2, 0.25) is 0 Å². The zero-order valence-corrected chi connectivity index (χ0v) is 18.0. The van der Waals surface area contributed by atoms with Crippen LogP contribution in [0.3, 0.4) is 0 Å². The van der Waals surface area contributed by atoms with E-state index in [1.807, 2.05) is 18.2 Å². The van der Waals surface area contributed by atoms with E-state index in [1.165, 1.54) is 12.1 Å². The SMILES string of the molecule is CC1(C)Oc2ccc(CC(=O)c3ccc(C(F)F)cn3)cc2C2(COC(N)=N2)C12CCC2. The molecule has 1 fully saturated rings. The highest BCUT2D eigenvalue weighted by atomic mass is 19.3. The smallest absolute Gasteiger partial charge is 0.283 e. The number of fused-ring (bicyclic) bond motifs is 3. The Morgan fingerprint density at radius 3 is 2.56 bits per heavy atom. The van der Waals surface area contributed by atoms with Gasteiger partial charge in [0.1, 0.15) is 29.2 Å². The lowest BCUT2D eigenvalue weighted by Crippen LogP contribution is -2.66. The molecule has 1 aromatic heterocycles. The molecule has 0 bridgehead atoms. The van der Waals surface area contributed by atoms with Gasteiger partial charge in [-0.1, -0.05) is 12.5 Å². The van der Waals surface area contributed by atoms with Gasteiger partial charge in [0.25, 0.3) is 12.4 Å². The van der Waals surface area contributed by atoms with Gasteiger partial charge >= 0.3 is 0 Å². The minimum atomic E-state index is -2.62. The van der Waals surface area contributed by atoms with Crippen LogP contribution in [0.5, 0.6) is 5.75 Å². The van der Waals surface area contributed by atoms with Crippen molar-refractivity contribution in [2.75, 3.05) is 6.61 Å². The Morgan fingerprint density at radius 2 is 2.00 bits per heavy atom. The molecular formula is C24H25F2N3O3. The summed E-state index contributed by atoms with van der Waals surface area (Å²) in [7, 11) is 0. The van der Waals surface area contributed by atoms with Crippen LogP contribution in [0.25, 0.3) is 0 Å².